The van der Waals surface area contributed by atoms with Crippen LogP contribution in [0.25, 0.3) is 0 Å². The molecule has 0 radical (unpaired) electrons. The Bertz CT molecular complexity index is 347. The molecule has 1 rings (SSSR count). The van der Waals surface area contributed by atoms with E-state index < -0.39 is 11.7 Å². The topological polar surface area (TPSA) is 65.2 Å². The average Bonchev–Trinajstić information content (AvgIpc) is 2.48. The molecule has 4 nitrogen and oxygen atoms in total. The largest absolute Gasteiger partial charge is 0.443 e. The van der Waals surface area contributed by atoms with Gasteiger partial charge in [-0.1, -0.05) is 6.92 Å². The Hall–Kier alpha value is -1.10. The first-order valence-corrected chi connectivity index (χ1v) is 5.72. The Balaban J connectivity index is 2.63. The van der Waals surface area contributed by atoms with Crippen molar-refractivity contribution in [2.45, 2.75) is 39.2 Å². The Morgan fingerprint density at radius 1 is 1.67 bits per heavy atom. The van der Waals surface area contributed by atoms with Gasteiger partial charge in [-0.05, 0) is 20.3 Å². The van der Waals surface area contributed by atoms with E-state index in [0.29, 0.717) is 6.42 Å². The second-order valence-electron chi connectivity index (χ2n) is 3.94. The third-order valence-electron chi connectivity index (χ3n) is 1.92. The lowest BCUT2D eigenvalue weighted by Gasteiger charge is -2.22. The van der Waals surface area contributed by atoms with E-state index in [1.54, 1.807) is 11.3 Å². The van der Waals surface area contributed by atoms with Crippen LogP contribution in [0.2, 0.25) is 0 Å². The number of carbonyl (C=O) groups is 1. The molecule has 84 valence electrons. The molecule has 0 fully saturated rings. The Morgan fingerprint density at radius 3 is 2.80 bits per heavy atom. The van der Waals surface area contributed by atoms with Crippen molar-refractivity contribution in [1.82, 2.24) is 4.98 Å². The maximum absolute atomic E-state index is 10.6. The molecule has 1 amide bonds. The fourth-order valence-corrected chi connectivity index (χ4v) is 2.36. The fourth-order valence-electron chi connectivity index (χ4n) is 1.27. The summed E-state index contributed by atoms with van der Waals surface area (Å²) in [6.45, 7) is 5.71. The van der Waals surface area contributed by atoms with Gasteiger partial charge in [-0.3, -0.25) is 0 Å². The highest BCUT2D eigenvalue weighted by atomic mass is 32.1. The summed E-state index contributed by atoms with van der Waals surface area (Å²) in [6, 6.07) is 0. The smallest absolute Gasteiger partial charge is 0.405 e. The normalized spacial score (nSPS) is 11.4. The standard InChI is InChI=1S/C10H16N2O2S/c1-4-7-6-15-8(12-7)5-10(2,3)14-9(11)13/h6H,4-5H2,1-3H3,(H2,11,13). The van der Waals surface area contributed by atoms with Gasteiger partial charge < -0.3 is 10.5 Å². The van der Waals surface area contributed by atoms with E-state index in [1.807, 2.05) is 19.2 Å². The van der Waals surface area contributed by atoms with E-state index in [2.05, 4.69) is 11.9 Å². The summed E-state index contributed by atoms with van der Waals surface area (Å²) in [5.41, 5.74) is 5.47. The van der Waals surface area contributed by atoms with Gasteiger partial charge in [-0.25, -0.2) is 9.78 Å². The van der Waals surface area contributed by atoms with Crippen molar-refractivity contribution in [3.05, 3.63) is 16.1 Å². The summed E-state index contributed by atoms with van der Waals surface area (Å²) in [4.78, 5) is 15.1. The van der Waals surface area contributed by atoms with Gasteiger partial charge in [0.15, 0.2) is 0 Å². The van der Waals surface area contributed by atoms with Crippen LogP contribution in [-0.2, 0) is 17.6 Å². The Labute approximate surface area is 93.5 Å². The van der Waals surface area contributed by atoms with Gasteiger partial charge in [-0.2, -0.15) is 0 Å². The van der Waals surface area contributed by atoms with E-state index in [-0.39, 0.29) is 0 Å². The van der Waals surface area contributed by atoms with Crippen molar-refractivity contribution in [3.8, 4) is 0 Å². The van der Waals surface area contributed by atoms with Crippen LogP contribution < -0.4 is 5.73 Å². The fraction of sp³-hybridized carbons (Fsp3) is 0.600. The first-order valence-electron chi connectivity index (χ1n) is 4.84. The highest BCUT2D eigenvalue weighted by molar-refractivity contribution is 7.09. The van der Waals surface area contributed by atoms with Crippen molar-refractivity contribution in [2.24, 2.45) is 5.73 Å². The third kappa shape index (κ3) is 3.87. The minimum Gasteiger partial charge on any atom is -0.443 e. The van der Waals surface area contributed by atoms with Crippen LogP contribution in [0, 0.1) is 0 Å². The summed E-state index contributed by atoms with van der Waals surface area (Å²) in [6.07, 6.45) is 0.779. The number of carbonyl (C=O) groups excluding carboxylic acids is 1. The summed E-state index contributed by atoms with van der Waals surface area (Å²) in [5.74, 6) is 0. The minimum atomic E-state index is -0.743. The molecule has 1 aromatic heterocycles. The molecule has 1 aromatic rings. The SMILES string of the molecule is CCc1csc(CC(C)(C)OC(N)=O)n1. The zero-order valence-electron chi connectivity index (χ0n) is 9.24. The highest BCUT2D eigenvalue weighted by Gasteiger charge is 2.23. The molecular weight excluding hydrogens is 212 g/mol. The lowest BCUT2D eigenvalue weighted by Crippen LogP contribution is -2.33. The first kappa shape index (κ1) is 12.0. The van der Waals surface area contributed by atoms with E-state index in [4.69, 9.17) is 10.5 Å². The summed E-state index contributed by atoms with van der Waals surface area (Å²) >= 11 is 1.58. The predicted molar refractivity (Wildman–Crippen MR) is 59.9 cm³/mol. The number of ether oxygens (including phenoxy) is 1. The van der Waals surface area contributed by atoms with E-state index in [1.165, 1.54) is 0 Å². The maximum atomic E-state index is 10.6. The monoisotopic (exact) mass is 228 g/mol. The van der Waals surface area contributed by atoms with Gasteiger partial charge in [-0.15, -0.1) is 11.3 Å². The lowest BCUT2D eigenvalue weighted by molar-refractivity contribution is 0.0460. The van der Waals surface area contributed by atoms with Gasteiger partial charge in [0.25, 0.3) is 0 Å². The molecule has 1 heterocycles. The number of thiazole rings is 1. The number of amides is 1. The van der Waals surface area contributed by atoms with Crippen LogP contribution in [0.1, 0.15) is 31.5 Å². The minimum absolute atomic E-state index is 0.589. The van der Waals surface area contributed by atoms with Crippen molar-refractivity contribution in [1.29, 1.82) is 0 Å². The van der Waals surface area contributed by atoms with Gasteiger partial charge in [0, 0.05) is 11.8 Å². The van der Waals surface area contributed by atoms with Gasteiger partial charge in [0.1, 0.15) is 5.60 Å². The second kappa shape index (κ2) is 4.61. The molecule has 5 heteroatoms. The van der Waals surface area contributed by atoms with Crippen molar-refractivity contribution in [2.75, 3.05) is 0 Å². The number of aromatic nitrogens is 1. The number of hydrogen-bond donors (Lipinski definition) is 1. The number of nitrogens with zero attached hydrogens (tertiary/aromatic N) is 1. The van der Waals surface area contributed by atoms with Crippen LogP contribution >= 0.6 is 11.3 Å². The zero-order valence-corrected chi connectivity index (χ0v) is 10.1. The summed E-state index contributed by atoms with van der Waals surface area (Å²) in [7, 11) is 0. The van der Waals surface area contributed by atoms with Gasteiger partial charge in [0.05, 0.1) is 10.7 Å². The zero-order chi connectivity index (χ0) is 11.5. The summed E-state index contributed by atoms with van der Waals surface area (Å²) < 4.78 is 4.99. The number of hydrogen-bond acceptors (Lipinski definition) is 4. The molecule has 0 aliphatic heterocycles. The molecule has 0 aromatic carbocycles. The van der Waals surface area contributed by atoms with Gasteiger partial charge in [0.2, 0.25) is 0 Å². The Morgan fingerprint density at radius 2 is 2.33 bits per heavy atom. The molecule has 15 heavy (non-hydrogen) atoms. The molecule has 0 saturated heterocycles. The molecular formula is C10H16N2O2S. The number of aryl methyl sites for hydroxylation is 1. The molecule has 0 aliphatic carbocycles. The van der Waals surface area contributed by atoms with Crippen molar-refractivity contribution >= 4 is 17.4 Å². The predicted octanol–water partition coefficient (Wildman–Crippen LogP) is 2.12. The van der Waals surface area contributed by atoms with Crippen LogP contribution in [0.15, 0.2) is 5.38 Å². The number of nitrogens with two attached hydrogens (primary N) is 1. The third-order valence-corrected chi connectivity index (χ3v) is 2.81. The van der Waals surface area contributed by atoms with Gasteiger partial charge >= 0.3 is 6.09 Å². The molecule has 0 bridgehead atoms. The van der Waals surface area contributed by atoms with Crippen molar-refractivity contribution in [3.63, 3.8) is 0 Å². The lowest BCUT2D eigenvalue weighted by atomic mass is 10.1. The average molecular weight is 228 g/mol. The maximum Gasteiger partial charge on any atom is 0.405 e. The quantitative estimate of drug-likeness (QED) is 0.858. The molecule has 0 atom stereocenters. The number of rotatable bonds is 4. The van der Waals surface area contributed by atoms with Crippen LogP contribution in [0.5, 0.6) is 0 Å². The van der Waals surface area contributed by atoms with Crippen LogP contribution in [0.3, 0.4) is 0 Å². The van der Waals surface area contributed by atoms with E-state index in [9.17, 15) is 4.79 Å². The highest BCUT2D eigenvalue weighted by Crippen LogP contribution is 2.20. The Kier molecular flexibility index (Phi) is 3.68. The molecule has 0 spiro atoms. The van der Waals surface area contributed by atoms with E-state index >= 15 is 0 Å². The van der Waals surface area contributed by atoms with Crippen molar-refractivity contribution < 1.29 is 9.53 Å². The molecule has 0 unspecified atom stereocenters. The molecule has 0 aliphatic rings. The van der Waals surface area contributed by atoms with E-state index in [0.717, 1.165) is 17.1 Å². The first-order chi connectivity index (χ1) is 6.93. The number of primary amides is 1. The summed E-state index contributed by atoms with van der Waals surface area (Å²) in [5, 5.41) is 2.99. The van der Waals surface area contributed by atoms with Crippen LogP contribution in [-0.4, -0.2) is 16.7 Å². The van der Waals surface area contributed by atoms with Crippen LogP contribution in [0.4, 0.5) is 4.79 Å². The second-order valence-corrected chi connectivity index (χ2v) is 4.89. The molecule has 2 N–H and O–H groups in total. The molecule has 0 saturated carbocycles.